The third kappa shape index (κ3) is 4.28. The van der Waals surface area contributed by atoms with Gasteiger partial charge in [-0.1, -0.05) is 28.1 Å². The summed E-state index contributed by atoms with van der Waals surface area (Å²) in [6.45, 7) is 4.85. The summed E-state index contributed by atoms with van der Waals surface area (Å²) in [5.74, 6) is 0.740. The van der Waals surface area contributed by atoms with Gasteiger partial charge in [0.05, 0.1) is 0 Å². The van der Waals surface area contributed by atoms with E-state index in [2.05, 4.69) is 39.0 Å². The van der Waals surface area contributed by atoms with Gasteiger partial charge >= 0.3 is 0 Å². The Morgan fingerprint density at radius 3 is 2.68 bits per heavy atom. The maximum Gasteiger partial charge on any atom is 0.0491 e. The first-order valence-corrected chi connectivity index (χ1v) is 7.71. The molecule has 0 unspecified atom stereocenters. The number of hydrogen-bond donors (Lipinski definition) is 1. The normalized spacial score (nSPS) is 17.8. The summed E-state index contributed by atoms with van der Waals surface area (Å²) in [5, 5.41) is 0. The van der Waals surface area contributed by atoms with E-state index in [4.69, 9.17) is 10.5 Å². The van der Waals surface area contributed by atoms with E-state index < -0.39 is 0 Å². The van der Waals surface area contributed by atoms with Crippen LogP contribution >= 0.6 is 15.9 Å². The number of nitrogens with two attached hydrogens (primary N) is 1. The summed E-state index contributed by atoms with van der Waals surface area (Å²) in [7, 11) is 1.79. The highest BCUT2D eigenvalue weighted by atomic mass is 79.9. The zero-order valence-corrected chi connectivity index (χ0v) is 13.2. The lowest BCUT2D eigenvalue weighted by Gasteiger charge is -2.31. The Labute approximate surface area is 124 Å². The van der Waals surface area contributed by atoms with E-state index in [9.17, 15) is 0 Å². The number of piperidine rings is 1. The summed E-state index contributed by atoms with van der Waals surface area (Å²) in [6, 6.07) is 6.44. The molecule has 1 aromatic rings. The summed E-state index contributed by atoms with van der Waals surface area (Å²) in [6.07, 6.45) is 2.48. The van der Waals surface area contributed by atoms with E-state index in [1.54, 1.807) is 7.11 Å². The van der Waals surface area contributed by atoms with Gasteiger partial charge in [-0.25, -0.2) is 0 Å². The van der Waals surface area contributed by atoms with Gasteiger partial charge in [-0.15, -0.1) is 0 Å². The molecule has 3 nitrogen and oxygen atoms in total. The van der Waals surface area contributed by atoms with E-state index in [0.29, 0.717) is 6.54 Å². The average molecular weight is 327 g/mol. The second-order valence-electron chi connectivity index (χ2n) is 5.30. The van der Waals surface area contributed by atoms with Crippen molar-refractivity contribution >= 4 is 15.9 Å². The Bertz CT molecular complexity index is 403. The van der Waals surface area contributed by atoms with Gasteiger partial charge in [-0.05, 0) is 49.0 Å². The fourth-order valence-electron chi connectivity index (χ4n) is 2.63. The van der Waals surface area contributed by atoms with Gasteiger partial charge in [-0.3, -0.25) is 4.90 Å². The van der Waals surface area contributed by atoms with Gasteiger partial charge in [0.2, 0.25) is 0 Å². The van der Waals surface area contributed by atoms with Crippen LogP contribution in [0.25, 0.3) is 0 Å². The first kappa shape index (κ1) is 15.0. The molecule has 0 amide bonds. The first-order valence-electron chi connectivity index (χ1n) is 6.91. The first-order chi connectivity index (χ1) is 9.22. The molecule has 106 valence electrons. The third-order valence-corrected chi connectivity index (χ3v) is 4.59. The standard InChI is InChI=1S/C15H23BrN2O/c1-19-11-12-4-6-18(7-5-12)10-14-3-2-13(9-17)8-15(14)16/h2-3,8,12H,4-7,9-11,17H2,1H3. The molecule has 0 spiro atoms. The summed E-state index contributed by atoms with van der Waals surface area (Å²) < 4.78 is 6.42. The molecule has 4 heteroatoms. The number of rotatable bonds is 5. The predicted molar refractivity (Wildman–Crippen MR) is 81.9 cm³/mol. The second-order valence-corrected chi connectivity index (χ2v) is 6.16. The maximum absolute atomic E-state index is 5.65. The molecule has 0 aliphatic carbocycles. The van der Waals surface area contributed by atoms with Crippen molar-refractivity contribution in [1.82, 2.24) is 4.90 Å². The predicted octanol–water partition coefficient (Wildman–Crippen LogP) is 2.77. The minimum Gasteiger partial charge on any atom is -0.384 e. The molecule has 1 heterocycles. The topological polar surface area (TPSA) is 38.5 Å². The van der Waals surface area contributed by atoms with Gasteiger partial charge in [0.1, 0.15) is 0 Å². The molecule has 0 bridgehead atoms. The van der Waals surface area contributed by atoms with Gasteiger partial charge in [0.25, 0.3) is 0 Å². The molecule has 2 N–H and O–H groups in total. The molecular weight excluding hydrogens is 304 g/mol. The van der Waals surface area contributed by atoms with Crippen molar-refractivity contribution in [1.29, 1.82) is 0 Å². The number of nitrogens with zero attached hydrogens (tertiary/aromatic N) is 1. The van der Waals surface area contributed by atoms with Crippen LogP contribution in [0.3, 0.4) is 0 Å². The van der Waals surface area contributed by atoms with Crippen LogP contribution in [0.5, 0.6) is 0 Å². The minimum atomic E-state index is 0.599. The smallest absolute Gasteiger partial charge is 0.0491 e. The molecule has 0 aromatic heterocycles. The van der Waals surface area contributed by atoms with Gasteiger partial charge in [0, 0.05) is 31.3 Å². The zero-order chi connectivity index (χ0) is 13.7. The SMILES string of the molecule is COCC1CCN(Cc2ccc(CN)cc2Br)CC1. The Balaban J connectivity index is 1.88. The van der Waals surface area contributed by atoms with E-state index in [1.165, 1.54) is 41.5 Å². The van der Waals surface area contributed by atoms with Gasteiger partial charge in [-0.2, -0.15) is 0 Å². The summed E-state index contributed by atoms with van der Waals surface area (Å²) >= 11 is 3.65. The lowest BCUT2D eigenvalue weighted by molar-refractivity contribution is 0.0967. The summed E-state index contributed by atoms with van der Waals surface area (Å²) in [4.78, 5) is 2.52. The Morgan fingerprint density at radius 1 is 1.37 bits per heavy atom. The van der Waals surface area contributed by atoms with Crippen LogP contribution in [0, 0.1) is 5.92 Å². The molecule has 2 rings (SSSR count). The molecular formula is C15H23BrN2O. The molecule has 1 fully saturated rings. The molecule has 0 radical (unpaired) electrons. The monoisotopic (exact) mass is 326 g/mol. The van der Waals surface area contributed by atoms with Gasteiger partial charge in [0.15, 0.2) is 0 Å². The zero-order valence-electron chi connectivity index (χ0n) is 11.6. The average Bonchev–Trinajstić information content (AvgIpc) is 2.43. The van der Waals surface area contributed by atoms with Crippen LogP contribution in [0.4, 0.5) is 0 Å². The van der Waals surface area contributed by atoms with Crippen molar-refractivity contribution in [3.05, 3.63) is 33.8 Å². The third-order valence-electron chi connectivity index (χ3n) is 3.86. The van der Waals surface area contributed by atoms with E-state index in [0.717, 1.165) is 19.1 Å². The number of benzene rings is 1. The molecule has 0 atom stereocenters. The maximum atomic E-state index is 5.65. The second kappa shape index (κ2) is 7.39. The van der Waals surface area contributed by atoms with Crippen LogP contribution in [-0.4, -0.2) is 31.7 Å². The van der Waals surface area contributed by atoms with E-state index in [1.807, 2.05) is 0 Å². The van der Waals surface area contributed by atoms with E-state index >= 15 is 0 Å². The molecule has 1 saturated heterocycles. The fourth-order valence-corrected chi connectivity index (χ4v) is 3.19. The fraction of sp³-hybridized carbons (Fsp3) is 0.600. The summed E-state index contributed by atoms with van der Waals surface area (Å²) in [5.41, 5.74) is 8.18. The quantitative estimate of drug-likeness (QED) is 0.904. The molecule has 19 heavy (non-hydrogen) atoms. The van der Waals surface area contributed by atoms with Crippen molar-refractivity contribution in [3.8, 4) is 0 Å². The Morgan fingerprint density at radius 2 is 2.11 bits per heavy atom. The van der Waals surface area contributed by atoms with Crippen LogP contribution in [0.15, 0.2) is 22.7 Å². The van der Waals surface area contributed by atoms with Crippen molar-refractivity contribution in [2.24, 2.45) is 11.7 Å². The highest BCUT2D eigenvalue weighted by Gasteiger charge is 2.19. The van der Waals surface area contributed by atoms with Crippen molar-refractivity contribution in [2.45, 2.75) is 25.9 Å². The number of halogens is 1. The van der Waals surface area contributed by atoms with Crippen molar-refractivity contribution < 1.29 is 4.74 Å². The highest BCUT2D eigenvalue weighted by Crippen LogP contribution is 2.23. The molecule has 1 aromatic carbocycles. The van der Waals surface area contributed by atoms with Crippen molar-refractivity contribution in [2.75, 3.05) is 26.8 Å². The number of likely N-dealkylation sites (tertiary alicyclic amines) is 1. The molecule has 0 saturated carbocycles. The highest BCUT2D eigenvalue weighted by molar-refractivity contribution is 9.10. The Hall–Kier alpha value is -0.420. The van der Waals surface area contributed by atoms with Crippen LogP contribution in [0.1, 0.15) is 24.0 Å². The lowest BCUT2D eigenvalue weighted by Crippen LogP contribution is -2.34. The largest absolute Gasteiger partial charge is 0.384 e. The Kier molecular flexibility index (Phi) is 5.82. The van der Waals surface area contributed by atoms with Crippen LogP contribution in [0.2, 0.25) is 0 Å². The molecule has 1 aliphatic heterocycles. The number of hydrogen-bond acceptors (Lipinski definition) is 3. The lowest BCUT2D eigenvalue weighted by atomic mass is 9.97. The number of ether oxygens (including phenoxy) is 1. The number of methoxy groups -OCH3 is 1. The van der Waals surface area contributed by atoms with Crippen LogP contribution in [-0.2, 0) is 17.8 Å². The minimum absolute atomic E-state index is 0.599. The van der Waals surface area contributed by atoms with Gasteiger partial charge < -0.3 is 10.5 Å². The molecule has 1 aliphatic rings. The van der Waals surface area contributed by atoms with Crippen molar-refractivity contribution in [3.63, 3.8) is 0 Å². The van der Waals surface area contributed by atoms with Crippen LogP contribution < -0.4 is 5.73 Å². The van der Waals surface area contributed by atoms with E-state index in [-0.39, 0.29) is 0 Å².